The van der Waals surface area contributed by atoms with Gasteiger partial charge in [-0.25, -0.2) is 9.59 Å². The van der Waals surface area contributed by atoms with Gasteiger partial charge in [0, 0.05) is 61.2 Å². The zero-order chi connectivity index (χ0) is 69.1. The Hall–Kier alpha value is -5.07. The lowest BCUT2D eigenvalue weighted by Gasteiger charge is -2.56. The molecule has 10 rings (SSSR count). The number of Topliss-reactive ketones (excluding diaryl/α,β-unsaturated/α-hetero) is 1. The number of ketones is 1. The molecule has 26 nitrogen and oxygen atoms in total. The van der Waals surface area contributed by atoms with Crippen molar-refractivity contribution >= 4 is 30.1 Å². The van der Waals surface area contributed by atoms with Crippen LogP contribution in [0.1, 0.15) is 154 Å². The molecule has 1 saturated carbocycles. The standard InChI is InChI=1S/C69H100N2O24/c1-31(2)64(78)94-60-39(10)87-54(27-50(60)91-51-22-20-49(37(8)85-51)90-53-26-47(75)59(38(9)86-53)92-52-21-18-45(73)36(7)84-52)93-58-35(6)23-34(5)57-42(58)16-17-43-32(3)15-19-48(89-55-29-67(12,71(81)82)61(40(11)88-55)70-66(80)83-14)33(4)24-44-46(74)25-41(30-72)28-69(44)63(77)56(65(79)95-69)62(76)68(43,57)13/h15-17,24-25,30-31,34-40,42-55,57-61,73-76H,18-23,26-29H2,1-14H3,(H,70,80)/t34-,35-,36-,37-,38-,39-,40+,42-,43-,44+,45+,46-,47+,48-,49+,50+,51-,52-,53+,54+,55-,57+,58-,59-,60-,61-,67-,68+,69-/m0/s1. The Kier molecular flexibility index (Phi) is 22.2. The number of hydrogen-bond donors (Lipinski definition) is 5. The fourth-order valence-corrected chi connectivity index (χ4v) is 17.0. The minimum Gasteiger partial charge on any atom is -0.511 e. The second-order valence-corrected chi connectivity index (χ2v) is 29.2. The van der Waals surface area contributed by atoms with Crippen molar-refractivity contribution in [3.63, 3.8) is 0 Å². The molecule has 1 amide bonds. The number of amides is 1. The molecule has 95 heavy (non-hydrogen) atoms. The third-order valence-electron chi connectivity index (χ3n) is 22.1. The van der Waals surface area contributed by atoms with Crippen LogP contribution in [0, 0.1) is 57.0 Å². The first-order valence-electron chi connectivity index (χ1n) is 34.0. The van der Waals surface area contributed by atoms with E-state index in [1.807, 2.05) is 39.8 Å². The van der Waals surface area contributed by atoms with E-state index >= 15 is 4.79 Å². The number of allylic oxidation sites excluding steroid dienone is 3. The molecule has 7 fully saturated rings. The van der Waals surface area contributed by atoms with E-state index in [1.165, 1.54) is 13.0 Å². The summed E-state index contributed by atoms with van der Waals surface area (Å²) in [5.41, 5.74) is -4.92. The molecule has 0 unspecified atom stereocenters. The number of nitrogens with one attached hydrogen (secondary N) is 1. The molecule has 10 aliphatic rings. The van der Waals surface area contributed by atoms with Crippen molar-refractivity contribution < 1.29 is 111 Å². The molecular formula is C69H100N2O24. The van der Waals surface area contributed by atoms with E-state index in [0.29, 0.717) is 49.5 Å². The lowest BCUT2D eigenvalue weighted by molar-refractivity contribution is -0.584. The largest absolute Gasteiger partial charge is 0.511 e. The number of carbonyl (C=O) groups excluding carboxylic acids is 5. The Morgan fingerprint density at radius 2 is 1.36 bits per heavy atom. The van der Waals surface area contributed by atoms with Gasteiger partial charge in [-0.2, -0.15) is 0 Å². The van der Waals surface area contributed by atoms with Crippen LogP contribution in [-0.4, -0.2) is 197 Å². The summed E-state index contributed by atoms with van der Waals surface area (Å²) in [7, 11) is 1.15. The van der Waals surface area contributed by atoms with Gasteiger partial charge in [0.1, 0.15) is 35.9 Å². The molecule has 6 saturated heterocycles. The first kappa shape index (κ1) is 72.7. The molecule has 26 heteroatoms. The van der Waals surface area contributed by atoms with Crippen LogP contribution in [-0.2, 0) is 80.8 Å². The van der Waals surface area contributed by atoms with Gasteiger partial charge >= 0.3 is 18.0 Å². The molecule has 2 bridgehead atoms. The number of carbonyl (C=O) groups is 5. The molecule has 6 heterocycles. The van der Waals surface area contributed by atoms with E-state index in [-0.39, 0.29) is 43.1 Å². The van der Waals surface area contributed by atoms with Crippen molar-refractivity contribution in [2.75, 3.05) is 7.11 Å². The van der Waals surface area contributed by atoms with Crippen molar-refractivity contribution in [3.8, 4) is 0 Å². The monoisotopic (exact) mass is 1340 g/mol. The smallest absolute Gasteiger partial charge is 0.407 e. The number of nitro groups is 1. The van der Waals surface area contributed by atoms with Gasteiger partial charge in [-0.1, -0.05) is 64.5 Å². The molecule has 0 aromatic rings. The van der Waals surface area contributed by atoms with E-state index in [1.54, 1.807) is 47.6 Å². The quantitative estimate of drug-likeness (QED) is 0.0209. The van der Waals surface area contributed by atoms with Crippen LogP contribution in [0.5, 0.6) is 0 Å². The van der Waals surface area contributed by atoms with E-state index in [9.17, 15) is 49.7 Å². The Morgan fingerprint density at radius 1 is 0.726 bits per heavy atom. The number of hydrogen-bond acceptors (Lipinski definition) is 24. The average Bonchev–Trinajstić information content (AvgIpc) is 1.52. The highest BCUT2D eigenvalue weighted by atomic mass is 16.8. The number of aliphatic hydroxyl groups is 4. The number of fused-ring (bicyclic) bond motifs is 4. The third-order valence-corrected chi connectivity index (χ3v) is 22.1. The molecule has 0 aromatic carbocycles. The number of rotatable bonds is 15. The number of methoxy groups -OCH3 is 1. The number of esters is 2. The number of nitrogens with zero attached hydrogens (tertiary/aromatic N) is 1. The van der Waals surface area contributed by atoms with Crippen molar-refractivity contribution in [2.24, 2.45) is 46.8 Å². The Labute approximate surface area is 555 Å². The predicted molar refractivity (Wildman–Crippen MR) is 334 cm³/mol. The Balaban J connectivity index is 0.914. The summed E-state index contributed by atoms with van der Waals surface area (Å²) in [4.78, 5) is 81.3. The topological polar surface area (TPSA) is 341 Å². The Morgan fingerprint density at radius 3 is 2.01 bits per heavy atom. The van der Waals surface area contributed by atoms with Crippen LogP contribution in [0.4, 0.5) is 4.79 Å². The summed E-state index contributed by atoms with van der Waals surface area (Å²) >= 11 is 0. The predicted octanol–water partition coefficient (Wildman–Crippen LogP) is 7.00. The van der Waals surface area contributed by atoms with Crippen molar-refractivity contribution in [1.82, 2.24) is 5.32 Å². The minimum absolute atomic E-state index is 0.00174. The summed E-state index contributed by atoms with van der Waals surface area (Å²) < 4.78 is 82.1. The zero-order valence-electron chi connectivity index (χ0n) is 57.0. The van der Waals surface area contributed by atoms with Crippen molar-refractivity contribution in [2.45, 2.75) is 288 Å². The van der Waals surface area contributed by atoms with Gasteiger partial charge in [0.2, 0.25) is 11.3 Å². The van der Waals surface area contributed by atoms with Gasteiger partial charge in [0.25, 0.3) is 0 Å². The van der Waals surface area contributed by atoms with Crippen molar-refractivity contribution in [3.05, 3.63) is 68.5 Å². The van der Waals surface area contributed by atoms with Crippen molar-refractivity contribution in [1.29, 1.82) is 0 Å². The summed E-state index contributed by atoms with van der Waals surface area (Å²) in [6.45, 7) is 23.3. The third kappa shape index (κ3) is 14.4. The van der Waals surface area contributed by atoms with Crippen LogP contribution >= 0.6 is 0 Å². The fraction of sp³-hybridized carbons (Fsp3) is 0.783. The SMILES string of the molecule is COC(=O)N[C@H]1[C@@H](C)O[C@@H](O[C@H]2CC=C(C)[C@@H]3C=C[C@@H]4[C@@H](O[C@@H]5C[C@@H](O[C@H]6CC[C@@H](O[C@@H]7C[C@@H](O)[C@@H](O[C@H]8CC[C@@H](O)[C@H](C)O8)[C@H](C)O7)[C@H](C)O6)[C@@H](OC(=O)C(C)C)[C@H](C)O5)[C@@H](C)C[C@H](C)[C@H]4[C@]3(C)C(O)=C3C(=O)O[C@]4(CC(C=O)=C[C@H](O)[C@H]4C=C2C)C3=O)C[C@]1(C)[N+](=O)[O-]. The van der Waals surface area contributed by atoms with Gasteiger partial charge in [0.05, 0.1) is 92.5 Å². The second kappa shape index (κ2) is 29.0. The van der Waals surface area contributed by atoms with Gasteiger partial charge in [-0.3, -0.25) is 24.5 Å². The van der Waals surface area contributed by atoms with Crippen LogP contribution in [0.2, 0.25) is 0 Å². The summed E-state index contributed by atoms with van der Waals surface area (Å²) in [5.74, 6) is -6.86. The average molecular weight is 1340 g/mol. The van der Waals surface area contributed by atoms with Gasteiger partial charge in [0.15, 0.2) is 43.2 Å². The van der Waals surface area contributed by atoms with Gasteiger partial charge < -0.3 is 87.3 Å². The highest BCUT2D eigenvalue weighted by Crippen LogP contribution is 2.61. The first-order chi connectivity index (χ1) is 44.8. The molecule has 29 atom stereocenters. The zero-order valence-corrected chi connectivity index (χ0v) is 57.0. The normalized spacial score (nSPS) is 45.6. The molecular weight excluding hydrogens is 1240 g/mol. The highest BCUT2D eigenvalue weighted by molar-refractivity contribution is 6.26. The molecule has 530 valence electrons. The van der Waals surface area contributed by atoms with Crippen LogP contribution in [0.15, 0.2) is 58.4 Å². The highest BCUT2D eigenvalue weighted by Gasteiger charge is 2.65. The second-order valence-electron chi connectivity index (χ2n) is 29.2. The molecule has 0 aromatic heterocycles. The Bertz CT molecular complexity index is 3010. The maximum Gasteiger partial charge on any atom is 0.407 e. The number of aliphatic hydroxyl groups excluding tert-OH is 4. The van der Waals surface area contributed by atoms with E-state index < -0.39 is 216 Å². The molecule has 0 radical (unpaired) electrons. The van der Waals surface area contributed by atoms with Gasteiger partial charge in [-0.05, 0) is 109 Å². The molecule has 5 N–H and O–H groups in total. The number of alkyl carbamates (subject to hydrolysis) is 1. The maximum atomic E-state index is 15.6. The first-order valence-corrected chi connectivity index (χ1v) is 34.0. The van der Waals surface area contributed by atoms with E-state index in [4.69, 9.17) is 61.6 Å². The number of ether oxygens (including phenoxy) is 13. The van der Waals surface area contributed by atoms with E-state index in [2.05, 4.69) is 25.2 Å². The minimum atomic E-state index is -2.20. The lowest BCUT2D eigenvalue weighted by atomic mass is 9.49. The summed E-state index contributed by atoms with van der Waals surface area (Å²) in [6, 6.07) is -1.13. The van der Waals surface area contributed by atoms with Crippen LogP contribution < -0.4 is 5.32 Å². The molecule has 6 aliphatic heterocycles. The summed E-state index contributed by atoms with van der Waals surface area (Å²) in [6.07, 6.45) is -4.28. The number of aldehydes is 1. The fourth-order valence-electron chi connectivity index (χ4n) is 17.0. The molecule has 4 aliphatic carbocycles. The maximum absolute atomic E-state index is 15.6. The van der Waals surface area contributed by atoms with E-state index in [0.717, 1.165) is 7.11 Å². The van der Waals surface area contributed by atoms with Crippen LogP contribution in [0.25, 0.3) is 0 Å². The van der Waals surface area contributed by atoms with Gasteiger partial charge in [-0.15, -0.1) is 0 Å². The summed E-state index contributed by atoms with van der Waals surface area (Å²) in [5, 5.41) is 62.1. The van der Waals surface area contributed by atoms with Crippen LogP contribution in [0.3, 0.4) is 0 Å². The molecule has 1 spiro atoms. The lowest BCUT2D eigenvalue weighted by Crippen LogP contribution is -2.65.